The van der Waals surface area contributed by atoms with Crippen molar-refractivity contribution in [2.45, 2.75) is 45.7 Å². The van der Waals surface area contributed by atoms with Crippen LogP contribution in [0.5, 0.6) is 0 Å². The summed E-state index contributed by atoms with van der Waals surface area (Å²) in [4.78, 5) is 17.4. The molecule has 0 aliphatic carbocycles. The minimum Gasteiger partial charge on any atom is -0.356 e. The standard InChI is InChI=1S/C18H23N5S2/c1-11(16-10-25-13(3)22-16)19-14-4-7-23(8-5-14)17-15-6-9-24-18(15)21-12(2)20-17/h6,9-11,14,19H,4-5,7-8H2,1-3H3/t11-/m1/s1. The summed E-state index contributed by atoms with van der Waals surface area (Å²) in [7, 11) is 0. The number of thiazole rings is 1. The molecule has 1 N–H and O–H groups in total. The fourth-order valence-electron chi connectivity index (χ4n) is 3.46. The molecule has 1 fully saturated rings. The van der Waals surface area contributed by atoms with Crippen molar-refractivity contribution < 1.29 is 0 Å². The van der Waals surface area contributed by atoms with Gasteiger partial charge in [-0.3, -0.25) is 0 Å². The monoisotopic (exact) mass is 373 g/mol. The van der Waals surface area contributed by atoms with E-state index in [1.807, 2.05) is 6.92 Å². The molecular formula is C18H23N5S2. The van der Waals surface area contributed by atoms with Gasteiger partial charge in [0.25, 0.3) is 0 Å². The molecule has 25 heavy (non-hydrogen) atoms. The fourth-order valence-corrected chi connectivity index (χ4v) is 4.97. The Morgan fingerprint density at radius 2 is 1.96 bits per heavy atom. The molecule has 1 aliphatic heterocycles. The van der Waals surface area contributed by atoms with Crippen LogP contribution < -0.4 is 10.2 Å². The molecule has 3 aromatic rings. The maximum atomic E-state index is 4.73. The zero-order valence-electron chi connectivity index (χ0n) is 14.8. The van der Waals surface area contributed by atoms with E-state index in [4.69, 9.17) is 4.98 Å². The van der Waals surface area contributed by atoms with Crippen molar-refractivity contribution in [1.82, 2.24) is 20.3 Å². The Bertz CT molecular complexity index is 863. The van der Waals surface area contributed by atoms with Gasteiger partial charge in [0.15, 0.2) is 0 Å². The molecule has 3 aromatic heterocycles. The van der Waals surface area contributed by atoms with Crippen LogP contribution in [-0.2, 0) is 0 Å². The van der Waals surface area contributed by atoms with Gasteiger partial charge in [0.2, 0.25) is 0 Å². The summed E-state index contributed by atoms with van der Waals surface area (Å²) >= 11 is 3.42. The second kappa shape index (κ2) is 6.97. The van der Waals surface area contributed by atoms with Gasteiger partial charge in [0, 0.05) is 30.6 Å². The molecule has 7 heteroatoms. The third kappa shape index (κ3) is 3.54. The van der Waals surface area contributed by atoms with Crippen LogP contribution in [0.1, 0.15) is 42.3 Å². The first-order valence-corrected chi connectivity index (χ1v) is 10.5. The quantitative estimate of drug-likeness (QED) is 0.747. The number of nitrogens with zero attached hydrogens (tertiary/aromatic N) is 4. The van der Waals surface area contributed by atoms with Crippen LogP contribution in [0.25, 0.3) is 10.2 Å². The number of aryl methyl sites for hydroxylation is 2. The Kier molecular flexibility index (Phi) is 4.71. The number of hydrogen-bond acceptors (Lipinski definition) is 7. The molecular weight excluding hydrogens is 350 g/mol. The molecule has 0 bridgehead atoms. The average molecular weight is 374 g/mol. The number of fused-ring (bicyclic) bond motifs is 1. The Balaban J connectivity index is 1.42. The van der Waals surface area contributed by atoms with Crippen LogP contribution in [0.4, 0.5) is 5.82 Å². The molecule has 5 nitrogen and oxygen atoms in total. The Labute approximate surface area is 156 Å². The number of hydrogen-bond donors (Lipinski definition) is 1. The number of piperidine rings is 1. The highest BCUT2D eigenvalue weighted by atomic mass is 32.1. The predicted octanol–water partition coefficient (Wildman–Crippen LogP) is 4.08. The van der Waals surface area contributed by atoms with Gasteiger partial charge >= 0.3 is 0 Å². The highest BCUT2D eigenvalue weighted by Crippen LogP contribution is 2.30. The van der Waals surface area contributed by atoms with Gasteiger partial charge in [-0.05, 0) is 45.1 Å². The van der Waals surface area contributed by atoms with Gasteiger partial charge in [-0.2, -0.15) is 0 Å². The summed E-state index contributed by atoms with van der Waals surface area (Å²) < 4.78 is 0. The topological polar surface area (TPSA) is 53.9 Å². The zero-order chi connectivity index (χ0) is 17.4. The van der Waals surface area contributed by atoms with Crippen molar-refractivity contribution in [3.8, 4) is 0 Å². The molecule has 4 rings (SSSR count). The Morgan fingerprint density at radius 1 is 1.16 bits per heavy atom. The van der Waals surface area contributed by atoms with Gasteiger partial charge < -0.3 is 10.2 Å². The molecule has 0 unspecified atom stereocenters. The maximum absolute atomic E-state index is 4.73. The van der Waals surface area contributed by atoms with E-state index >= 15 is 0 Å². The van der Waals surface area contributed by atoms with E-state index in [1.165, 1.54) is 5.39 Å². The van der Waals surface area contributed by atoms with Crippen molar-refractivity contribution in [3.63, 3.8) is 0 Å². The van der Waals surface area contributed by atoms with Gasteiger partial charge in [0.05, 0.1) is 16.1 Å². The molecule has 1 atom stereocenters. The lowest BCUT2D eigenvalue weighted by atomic mass is 10.0. The van der Waals surface area contributed by atoms with Gasteiger partial charge in [0.1, 0.15) is 16.5 Å². The minimum absolute atomic E-state index is 0.311. The Morgan fingerprint density at radius 3 is 2.68 bits per heavy atom. The first-order chi connectivity index (χ1) is 12.1. The fraction of sp³-hybridized carbons (Fsp3) is 0.500. The van der Waals surface area contributed by atoms with Crippen molar-refractivity contribution in [2.24, 2.45) is 0 Å². The summed E-state index contributed by atoms with van der Waals surface area (Å²) in [6, 6.07) is 2.99. The number of anilines is 1. The minimum atomic E-state index is 0.311. The molecule has 4 heterocycles. The average Bonchev–Trinajstić information content (AvgIpc) is 3.23. The zero-order valence-corrected chi connectivity index (χ0v) is 16.5. The van der Waals surface area contributed by atoms with Crippen LogP contribution in [0.2, 0.25) is 0 Å². The van der Waals surface area contributed by atoms with E-state index in [2.05, 4.69) is 50.9 Å². The van der Waals surface area contributed by atoms with Crippen LogP contribution in [-0.4, -0.2) is 34.1 Å². The lowest BCUT2D eigenvalue weighted by Gasteiger charge is -2.34. The van der Waals surface area contributed by atoms with E-state index in [9.17, 15) is 0 Å². The van der Waals surface area contributed by atoms with Gasteiger partial charge in [-0.15, -0.1) is 22.7 Å². The van der Waals surface area contributed by atoms with Crippen LogP contribution in [0.15, 0.2) is 16.8 Å². The number of rotatable bonds is 4. The number of thiophene rings is 1. The van der Waals surface area contributed by atoms with Crippen LogP contribution in [0, 0.1) is 13.8 Å². The smallest absolute Gasteiger partial charge is 0.141 e. The van der Waals surface area contributed by atoms with Crippen molar-refractivity contribution >= 4 is 38.7 Å². The normalized spacial score (nSPS) is 17.3. The second-order valence-corrected chi connectivity index (χ2v) is 8.63. The van der Waals surface area contributed by atoms with E-state index in [0.717, 1.165) is 53.1 Å². The summed E-state index contributed by atoms with van der Waals surface area (Å²) in [5, 5.41) is 10.3. The number of aromatic nitrogens is 3. The molecule has 0 amide bonds. The SMILES string of the molecule is Cc1nc(N2CCC(N[C@H](C)c3csc(C)n3)CC2)c2ccsc2n1. The highest BCUT2D eigenvalue weighted by molar-refractivity contribution is 7.16. The maximum Gasteiger partial charge on any atom is 0.141 e. The lowest BCUT2D eigenvalue weighted by molar-refractivity contribution is 0.377. The largest absolute Gasteiger partial charge is 0.356 e. The molecule has 0 saturated carbocycles. The summed E-state index contributed by atoms with van der Waals surface area (Å²) in [5.74, 6) is 1.96. The first-order valence-electron chi connectivity index (χ1n) is 8.75. The van der Waals surface area contributed by atoms with Crippen LogP contribution >= 0.6 is 22.7 Å². The summed E-state index contributed by atoms with van der Waals surface area (Å²) in [6.07, 6.45) is 2.25. The summed E-state index contributed by atoms with van der Waals surface area (Å²) in [5.41, 5.74) is 1.16. The molecule has 1 saturated heterocycles. The first kappa shape index (κ1) is 16.9. The summed E-state index contributed by atoms with van der Waals surface area (Å²) in [6.45, 7) is 8.32. The van der Waals surface area contributed by atoms with E-state index in [0.29, 0.717) is 12.1 Å². The third-order valence-corrected chi connectivity index (χ3v) is 6.38. The molecule has 0 spiro atoms. The molecule has 0 aromatic carbocycles. The lowest BCUT2D eigenvalue weighted by Crippen LogP contribution is -2.43. The van der Waals surface area contributed by atoms with Crippen molar-refractivity contribution in [2.75, 3.05) is 18.0 Å². The van der Waals surface area contributed by atoms with Crippen molar-refractivity contribution in [1.29, 1.82) is 0 Å². The van der Waals surface area contributed by atoms with Crippen molar-refractivity contribution in [3.05, 3.63) is 33.4 Å². The van der Waals surface area contributed by atoms with E-state index in [1.54, 1.807) is 22.7 Å². The predicted molar refractivity (Wildman–Crippen MR) is 106 cm³/mol. The second-order valence-electron chi connectivity index (χ2n) is 6.67. The molecule has 0 radical (unpaired) electrons. The third-order valence-electron chi connectivity index (χ3n) is 4.78. The molecule has 132 valence electrons. The van der Waals surface area contributed by atoms with E-state index < -0.39 is 0 Å². The number of nitrogens with one attached hydrogen (secondary N) is 1. The van der Waals surface area contributed by atoms with Gasteiger partial charge in [-0.25, -0.2) is 15.0 Å². The Hall–Kier alpha value is -1.57. The highest BCUT2D eigenvalue weighted by Gasteiger charge is 2.24. The van der Waals surface area contributed by atoms with E-state index in [-0.39, 0.29) is 0 Å². The molecule has 1 aliphatic rings. The van der Waals surface area contributed by atoms with Crippen LogP contribution in [0.3, 0.4) is 0 Å². The van der Waals surface area contributed by atoms with Gasteiger partial charge in [-0.1, -0.05) is 0 Å².